The fourth-order valence-corrected chi connectivity index (χ4v) is 2.56. The van der Waals surface area contributed by atoms with Crippen LogP contribution in [0.15, 0.2) is 0 Å². The quantitative estimate of drug-likeness (QED) is 0.718. The molecule has 1 saturated heterocycles. The van der Waals surface area contributed by atoms with Crippen LogP contribution in [0.2, 0.25) is 0 Å². The van der Waals surface area contributed by atoms with Gasteiger partial charge in [0.25, 0.3) is 0 Å². The maximum Gasteiger partial charge on any atom is 0.221 e. The molecule has 0 aliphatic carbocycles. The lowest BCUT2D eigenvalue weighted by Crippen LogP contribution is -2.39. The van der Waals surface area contributed by atoms with Crippen molar-refractivity contribution in [3.8, 4) is 0 Å². The van der Waals surface area contributed by atoms with E-state index in [1.807, 2.05) is 0 Å². The molecule has 0 spiro atoms. The smallest absolute Gasteiger partial charge is 0.221 e. The van der Waals surface area contributed by atoms with E-state index in [9.17, 15) is 4.79 Å². The molecule has 0 aromatic heterocycles. The van der Waals surface area contributed by atoms with Gasteiger partial charge in [-0.3, -0.25) is 4.79 Å². The highest BCUT2D eigenvalue weighted by atomic mass is 16.1. The van der Waals surface area contributed by atoms with E-state index in [4.69, 9.17) is 0 Å². The van der Waals surface area contributed by atoms with Crippen molar-refractivity contribution in [2.75, 3.05) is 6.54 Å². The molecule has 1 aliphatic rings. The number of hydrogen-bond donors (Lipinski definition) is 2. The highest BCUT2D eigenvalue weighted by molar-refractivity contribution is 5.76. The molecule has 1 heterocycles. The van der Waals surface area contributed by atoms with Crippen molar-refractivity contribution in [2.24, 2.45) is 0 Å². The van der Waals surface area contributed by atoms with Crippen LogP contribution in [0.4, 0.5) is 0 Å². The van der Waals surface area contributed by atoms with Crippen LogP contribution in [0.25, 0.3) is 0 Å². The normalized spacial score (nSPS) is 22.9. The molecule has 0 saturated carbocycles. The van der Waals surface area contributed by atoms with E-state index in [2.05, 4.69) is 24.5 Å². The van der Waals surface area contributed by atoms with Crippen molar-refractivity contribution < 1.29 is 4.79 Å². The molecule has 2 N–H and O–H groups in total. The van der Waals surface area contributed by atoms with E-state index in [1.165, 1.54) is 32.1 Å². The molecule has 0 radical (unpaired) electrons. The first-order chi connectivity index (χ1) is 8.26. The van der Waals surface area contributed by atoms with Gasteiger partial charge in [-0.05, 0) is 25.7 Å². The number of carbonyl (C=O) groups excluding carboxylic acids is 1. The van der Waals surface area contributed by atoms with E-state index in [1.54, 1.807) is 0 Å². The third-order valence-electron chi connectivity index (χ3n) is 3.50. The Labute approximate surface area is 106 Å². The van der Waals surface area contributed by atoms with Crippen molar-refractivity contribution in [3.05, 3.63) is 0 Å². The molecular formula is C14H28N2O. The Kier molecular flexibility index (Phi) is 7.25. The standard InChI is InChI=1S/C14H28N2O/c1-3-5-8-12(7-4-2)16-13-9-6-10-15-14(17)11-13/h12-13,16H,3-11H2,1-2H3,(H,15,17). The van der Waals surface area contributed by atoms with Crippen LogP contribution in [0, 0.1) is 0 Å². The summed E-state index contributed by atoms with van der Waals surface area (Å²) in [5.74, 6) is 0.214. The zero-order chi connectivity index (χ0) is 12.5. The fourth-order valence-electron chi connectivity index (χ4n) is 2.56. The Hall–Kier alpha value is -0.570. The van der Waals surface area contributed by atoms with Crippen LogP contribution in [-0.2, 0) is 4.79 Å². The van der Waals surface area contributed by atoms with E-state index < -0.39 is 0 Å². The molecule has 3 nitrogen and oxygen atoms in total. The molecule has 1 fully saturated rings. The predicted octanol–water partition coefficient (Wildman–Crippen LogP) is 2.60. The van der Waals surface area contributed by atoms with Crippen LogP contribution in [0.3, 0.4) is 0 Å². The zero-order valence-corrected chi connectivity index (χ0v) is 11.4. The highest BCUT2D eigenvalue weighted by Gasteiger charge is 2.19. The van der Waals surface area contributed by atoms with Crippen LogP contribution in [-0.4, -0.2) is 24.5 Å². The van der Waals surface area contributed by atoms with Crippen LogP contribution in [0.5, 0.6) is 0 Å². The van der Waals surface area contributed by atoms with Crippen molar-refractivity contribution >= 4 is 5.91 Å². The van der Waals surface area contributed by atoms with Gasteiger partial charge >= 0.3 is 0 Å². The Balaban J connectivity index is 2.37. The fraction of sp³-hybridized carbons (Fsp3) is 0.929. The van der Waals surface area contributed by atoms with E-state index in [0.29, 0.717) is 18.5 Å². The topological polar surface area (TPSA) is 41.1 Å². The Morgan fingerprint density at radius 2 is 2.18 bits per heavy atom. The molecule has 1 amide bonds. The minimum atomic E-state index is 0.214. The van der Waals surface area contributed by atoms with Crippen LogP contribution >= 0.6 is 0 Å². The average molecular weight is 240 g/mol. The Morgan fingerprint density at radius 3 is 2.88 bits per heavy atom. The van der Waals surface area contributed by atoms with Gasteiger partial charge in [0, 0.05) is 25.0 Å². The van der Waals surface area contributed by atoms with Gasteiger partial charge in [0.1, 0.15) is 0 Å². The minimum Gasteiger partial charge on any atom is -0.356 e. The summed E-state index contributed by atoms with van der Waals surface area (Å²) in [7, 11) is 0. The summed E-state index contributed by atoms with van der Waals surface area (Å²) in [5, 5.41) is 6.65. The van der Waals surface area contributed by atoms with Gasteiger partial charge in [-0.15, -0.1) is 0 Å². The van der Waals surface area contributed by atoms with E-state index in [0.717, 1.165) is 19.4 Å². The number of amides is 1. The van der Waals surface area contributed by atoms with Crippen molar-refractivity contribution in [2.45, 2.75) is 77.3 Å². The zero-order valence-electron chi connectivity index (χ0n) is 11.4. The van der Waals surface area contributed by atoms with Crippen molar-refractivity contribution in [3.63, 3.8) is 0 Å². The SMILES string of the molecule is CCCCC(CCC)NC1CCCNC(=O)C1. The summed E-state index contributed by atoms with van der Waals surface area (Å²) in [6, 6.07) is 1.00. The molecule has 17 heavy (non-hydrogen) atoms. The number of hydrogen-bond acceptors (Lipinski definition) is 2. The second-order valence-corrected chi connectivity index (χ2v) is 5.19. The summed E-state index contributed by atoms with van der Waals surface area (Å²) in [6.07, 6.45) is 9.15. The van der Waals surface area contributed by atoms with Crippen molar-refractivity contribution in [1.82, 2.24) is 10.6 Å². The number of unbranched alkanes of at least 4 members (excludes halogenated alkanes) is 1. The van der Waals surface area contributed by atoms with Crippen LogP contribution < -0.4 is 10.6 Å². The third kappa shape index (κ3) is 6.06. The predicted molar refractivity (Wildman–Crippen MR) is 72.0 cm³/mol. The molecule has 2 atom stereocenters. The first kappa shape index (κ1) is 14.5. The number of rotatable bonds is 7. The average Bonchev–Trinajstić information content (AvgIpc) is 2.51. The summed E-state index contributed by atoms with van der Waals surface area (Å²) < 4.78 is 0. The molecular weight excluding hydrogens is 212 g/mol. The van der Waals surface area contributed by atoms with Crippen molar-refractivity contribution in [1.29, 1.82) is 0 Å². The van der Waals surface area contributed by atoms with Gasteiger partial charge in [-0.25, -0.2) is 0 Å². The highest BCUT2D eigenvalue weighted by Crippen LogP contribution is 2.12. The second-order valence-electron chi connectivity index (χ2n) is 5.19. The Bertz CT molecular complexity index is 218. The largest absolute Gasteiger partial charge is 0.356 e. The lowest BCUT2D eigenvalue weighted by molar-refractivity contribution is -0.121. The van der Waals surface area contributed by atoms with E-state index >= 15 is 0 Å². The molecule has 2 unspecified atom stereocenters. The minimum absolute atomic E-state index is 0.214. The molecule has 100 valence electrons. The Morgan fingerprint density at radius 1 is 1.35 bits per heavy atom. The summed E-state index contributed by atoms with van der Waals surface area (Å²) in [6.45, 7) is 5.33. The third-order valence-corrected chi connectivity index (χ3v) is 3.50. The van der Waals surface area contributed by atoms with Gasteiger partial charge in [-0.1, -0.05) is 33.1 Å². The monoisotopic (exact) mass is 240 g/mol. The van der Waals surface area contributed by atoms with Gasteiger partial charge in [-0.2, -0.15) is 0 Å². The maximum absolute atomic E-state index is 11.5. The molecule has 1 rings (SSSR count). The summed E-state index contributed by atoms with van der Waals surface area (Å²) in [5.41, 5.74) is 0. The first-order valence-corrected chi connectivity index (χ1v) is 7.29. The summed E-state index contributed by atoms with van der Waals surface area (Å²) >= 11 is 0. The van der Waals surface area contributed by atoms with Gasteiger partial charge in [0.05, 0.1) is 0 Å². The van der Waals surface area contributed by atoms with Gasteiger partial charge in [0.15, 0.2) is 0 Å². The molecule has 0 aromatic rings. The first-order valence-electron chi connectivity index (χ1n) is 7.29. The summed E-state index contributed by atoms with van der Waals surface area (Å²) in [4.78, 5) is 11.5. The lowest BCUT2D eigenvalue weighted by atomic mass is 10.0. The molecule has 0 bridgehead atoms. The van der Waals surface area contributed by atoms with E-state index in [-0.39, 0.29) is 5.91 Å². The molecule has 3 heteroatoms. The molecule has 1 aliphatic heterocycles. The lowest BCUT2D eigenvalue weighted by Gasteiger charge is -2.24. The number of nitrogens with one attached hydrogen (secondary N) is 2. The van der Waals surface area contributed by atoms with Gasteiger partial charge < -0.3 is 10.6 Å². The number of carbonyl (C=O) groups is 1. The molecule has 0 aromatic carbocycles. The van der Waals surface area contributed by atoms with Gasteiger partial charge in [0.2, 0.25) is 5.91 Å². The van der Waals surface area contributed by atoms with Crippen LogP contribution in [0.1, 0.15) is 65.2 Å². The maximum atomic E-state index is 11.5. The second kappa shape index (κ2) is 8.51.